The molecule has 0 atom stereocenters. The fourth-order valence-corrected chi connectivity index (χ4v) is 2.02. The minimum absolute atomic E-state index is 5.98. The summed E-state index contributed by atoms with van der Waals surface area (Å²) < 4.78 is 337. The number of nitrogens with zero attached hydrogens (tertiary/aromatic N) is 1. The molecule has 0 fully saturated rings. The van der Waals surface area contributed by atoms with Crippen LogP contribution in [0.1, 0.15) is 0 Å². The van der Waals surface area contributed by atoms with E-state index >= 15 is 0 Å². The van der Waals surface area contributed by atoms with E-state index in [-0.39, 0.29) is 0 Å². The average Bonchev–Trinajstić information content (AvgIpc) is 2.64. The Labute approximate surface area is 193 Å². The molecule has 0 unspecified atom stereocenters. The maximum absolute atomic E-state index is 13.8. The molecule has 0 rings (SSSR count). The highest BCUT2D eigenvalue weighted by Crippen LogP contribution is 2.64. The first-order valence-corrected chi connectivity index (χ1v) is 7.93. The van der Waals surface area contributed by atoms with Crippen molar-refractivity contribution in [3.63, 3.8) is 0 Å². The summed E-state index contributed by atoms with van der Waals surface area (Å²) in [7, 11) is 0. The highest BCUT2D eigenvalue weighted by Gasteiger charge is 2.95. The summed E-state index contributed by atoms with van der Waals surface area (Å²) in [6.07, 6.45) is -23.3. The first-order valence-electron chi connectivity index (χ1n) is 7.93. The molecule has 0 aromatic rings. The lowest BCUT2D eigenvalue weighted by atomic mass is 10.0. The van der Waals surface area contributed by atoms with E-state index in [0.717, 1.165) is 0 Å². The monoisotopic (exact) mass is 653 g/mol. The average molecular weight is 653 g/mol. The molecule has 0 N–H and O–H groups in total. The molecule has 0 radical (unpaired) electrons. The van der Waals surface area contributed by atoms with E-state index < -0.39 is 77.4 Å². The Hall–Kier alpha value is -1.86. The molecule has 0 aromatic heterocycles. The Balaban J connectivity index is 8.12. The third-order valence-corrected chi connectivity index (χ3v) is 4.17. The molecule has 27 heteroatoms. The van der Waals surface area contributed by atoms with Crippen molar-refractivity contribution in [3.8, 4) is 0 Å². The second-order valence-electron chi connectivity index (χ2n) is 6.75. The lowest BCUT2D eigenvalue weighted by molar-refractivity contribution is -0.524. The van der Waals surface area contributed by atoms with Gasteiger partial charge in [-0.15, -0.1) is 4.90 Å². The zero-order valence-electron chi connectivity index (χ0n) is 16.4. The summed E-state index contributed by atoms with van der Waals surface area (Å²) in [5, 5.41) is 0. The van der Waals surface area contributed by atoms with Crippen molar-refractivity contribution in [1.82, 2.24) is 4.90 Å². The molecule has 0 aromatic carbocycles. The molecular formula is C12HF26N. The van der Waals surface area contributed by atoms with Gasteiger partial charge in [-0.25, -0.2) is 8.78 Å². The van der Waals surface area contributed by atoms with E-state index in [1.54, 1.807) is 0 Å². The molecule has 0 aliphatic heterocycles. The number of alkyl halides is 26. The standard InChI is InChI=1S/C12HF26N/c13-1(14)2(15,16)3(17,18)10(33,34)39(11(35,36)6(23,24)4(19,20)8(27,28)29)12(37,38)7(25,26)5(21,22)9(30,31)32/h1H. The van der Waals surface area contributed by atoms with Gasteiger partial charge >= 0.3 is 72.5 Å². The fraction of sp³-hybridized carbons (Fsp3) is 1.00. The van der Waals surface area contributed by atoms with Crippen molar-refractivity contribution in [1.29, 1.82) is 0 Å². The highest BCUT2D eigenvalue weighted by molar-refractivity contribution is 5.11. The van der Waals surface area contributed by atoms with Crippen LogP contribution in [0.15, 0.2) is 0 Å². The first-order chi connectivity index (χ1) is 16.3. The largest absolute Gasteiger partial charge is 0.460 e. The molecule has 0 aliphatic carbocycles. The number of rotatable bonds is 10. The van der Waals surface area contributed by atoms with E-state index in [1.807, 2.05) is 0 Å². The molecule has 0 saturated carbocycles. The zero-order valence-corrected chi connectivity index (χ0v) is 16.4. The minimum atomic E-state index is -9.67. The summed E-state index contributed by atoms with van der Waals surface area (Å²) in [5.41, 5.74) is 0. The molecule has 0 spiro atoms. The predicted molar refractivity (Wildman–Crippen MR) is 64.5 cm³/mol. The Morgan fingerprint density at radius 2 is 0.513 bits per heavy atom. The third-order valence-electron chi connectivity index (χ3n) is 4.17. The van der Waals surface area contributed by atoms with Crippen LogP contribution >= 0.6 is 0 Å². The van der Waals surface area contributed by atoms with Crippen LogP contribution in [0.2, 0.25) is 0 Å². The molecular weight excluding hydrogens is 652 g/mol. The number of hydrogen-bond acceptors (Lipinski definition) is 1. The summed E-state index contributed by atoms with van der Waals surface area (Å²) >= 11 is 0. The quantitative estimate of drug-likeness (QED) is 0.170. The fourth-order valence-electron chi connectivity index (χ4n) is 2.02. The van der Waals surface area contributed by atoms with E-state index in [1.165, 1.54) is 0 Å². The Morgan fingerprint density at radius 1 is 0.308 bits per heavy atom. The van der Waals surface area contributed by atoms with Crippen LogP contribution in [0.5, 0.6) is 0 Å². The van der Waals surface area contributed by atoms with Crippen LogP contribution in [0.25, 0.3) is 0 Å². The van der Waals surface area contributed by atoms with Gasteiger partial charge in [-0.2, -0.15) is 105 Å². The molecule has 0 saturated heterocycles. The zero-order chi connectivity index (χ0) is 32.7. The smallest absolute Gasteiger partial charge is 0.203 e. The number of hydrogen-bond donors (Lipinski definition) is 0. The normalized spacial score (nSPS) is 16.9. The van der Waals surface area contributed by atoms with E-state index in [2.05, 4.69) is 0 Å². The summed E-state index contributed by atoms with van der Waals surface area (Å²) in [4.78, 5) is -5.98. The molecule has 39 heavy (non-hydrogen) atoms. The van der Waals surface area contributed by atoms with Crippen LogP contribution < -0.4 is 0 Å². The van der Waals surface area contributed by atoms with Crippen molar-refractivity contribution in [3.05, 3.63) is 0 Å². The molecule has 0 heterocycles. The van der Waals surface area contributed by atoms with Gasteiger partial charge in [0, 0.05) is 0 Å². The van der Waals surface area contributed by atoms with E-state index in [9.17, 15) is 114 Å². The van der Waals surface area contributed by atoms with Crippen molar-refractivity contribution in [2.24, 2.45) is 0 Å². The third kappa shape index (κ3) is 4.75. The molecule has 0 bridgehead atoms. The molecule has 0 aliphatic rings. The lowest BCUT2D eigenvalue weighted by Crippen LogP contribution is -2.81. The topological polar surface area (TPSA) is 3.24 Å². The number of halogens is 26. The summed E-state index contributed by atoms with van der Waals surface area (Å²) in [6.45, 7) is 0. The van der Waals surface area contributed by atoms with Crippen LogP contribution in [-0.2, 0) is 0 Å². The van der Waals surface area contributed by atoms with Crippen LogP contribution in [-0.4, -0.2) is 77.4 Å². The minimum Gasteiger partial charge on any atom is -0.203 e. The first kappa shape index (κ1) is 37.1. The predicted octanol–water partition coefficient (Wildman–Crippen LogP) is 8.27. The van der Waals surface area contributed by atoms with Gasteiger partial charge in [-0.1, -0.05) is 0 Å². The van der Waals surface area contributed by atoms with Crippen LogP contribution in [0.4, 0.5) is 114 Å². The van der Waals surface area contributed by atoms with Crippen molar-refractivity contribution < 1.29 is 114 Å². The van der Waals surface area contributed by atoms with Gasteiger partial charge in [0.2, 0.25) is 0 Å². The molecule has 236 valence electrons. The van der Waals surface area contributed by atoms with Gasteiger partial charge in [-0.05, 0) is 0 Å². The summed E-state index contributed by atoms with van der Waals surface area (Å²) in [5.74, 6) is -53.9. The van der Waals surface area contributed by atoms with Crippen molar-refractivity contribution in [2.75, 3.05) is 0 Å². The Morgan fingerprint density at radius 3 is 0.692 bits per heavy atom. The van der Waals surface area contributed by atoms with Crippen molar-refractivity contribution in [2.45, 2.75) is 72.5 Å². The Bertz CT molecular complexity index is 822. The SMILES string of the molecule is FC(F)C(F)(F)C(F)(F)C(F)(F)N(C(F)(F)C(F)(F)C(F)(F)C(F)(F)F)C(F)(F)C(F)(F)C(F)(F)C(F)(F)F. The van der Waals surface area contributed by atoms with Gasteiger partial charge < -0.3 is 0 Å². The van der Waals surface area contributed by atoms with Gasteiger partial charge in [0.15, 0.2) is 0 Å². The highest BCUT2D eigenvalue weighted by atomic mass is 19.4. The van der Waals surface area contributed by atoms with E-state index in [4.69, 9.17) is 0 Å². The van der Waals surface area contributed by atoms with Crippen molar-refractivity contribution >= 4 is 0 Å². The van der Waals surface area contributed by atoms with Crippen LogP contribution in [0, 0.1) is 0 Å². The second-order valence-corrected chi connectivity index (χ2v) is 6.75. The lowest BCUT2D eigenvalue weighted by Gasteiger charge is -2.49. The van der Waals surface area contributed by atoms with E-state index in [0.29, 0.717) is 0 Å². The van der Waals surface area contributed by atoms with Gasteiger partial charge in [0.05, 0.1) is 0 Å². The molecule has 1 nitrogen and oxygen atoms in total. The molecule has 0 amide bonds. The Kier molecular flexibility index (Phi) is 8.64. The van der Waals surface area contributed by atoms with Gasteiger partial charge in [-0.3, -0.25) is 0 Å². The van der Waals surface area contributed by atoms with Crippen LogP contribution in [0.3, 0.4) is 0 Å². The summed E-state index contributed by atoms with van der Waals surface area (Å²) in [6, 6.07) is -28.9. The second kappa shape index (κ2) is 9.07. The maximum Gasteiger partial charge on any atom is 0.460 e. The van der Waals surface area contributed by atoms with Gasteiger partial charge in [0.25, 0.3) is 0 Å². The maximum atomic E-state index is 13.8. The van der Waals surface area contributed by atoms with Gasteiger partial charge in [0.1, 0.15) is 0 Å².